The maximum Gasteiger partial charge on any atom is 0.321 e. The summed E-state index contributed by atoms with van der Waals surface area (Å²) >= 11 is 0. The van der Waals surface area contributed by atoms with Crippen molar-refractivity contribution in [3.8, 4) is 5.69 Å². The number of urea groups is 1. The lowest BCUT2D eigenvalue weighted by atomic mass is 9.98. The first-order chi connectivity index (χ1) is 13.2. The zero-order chi connectivity index (χ0) is 18.6. The third-order valence-corrected chi connectivity index (χ3v) is 4.74. The van der Waals surface area contributed by atoms with Gasteiger partial charge in [0, 0.05) is 32.0 Å². The molecule has 0 saturated carbocycles. The van der Waals surface area contributed by atoms with Gasteiger partial charge in [0.25, 0.3) is 0 Å². The Bertz CT molecular complexity index is 895. The first-order valence-corrected chi connectivity index (χ1v) is 8.85. The molecule has 1 N–H and O–H groups in total. The Morgan fingerprint density at radius 3 is 2.89 bits per heavy atom. The van der Waals surface area contributed by atoms with Crippen LogP contribution in [0.2, 0.25) is 0 Å². The van der Waals surface area contributed by atoms with Crippen LogP contribution >= 0.6 is 0 Å². The minimum atomic E-state index is -0.479. The van der Waals surface area contributed by atoms with Crippen molar-refractivity contribution in [2.75, 3.05) is 18.4 Å². The molecule has 9 heteroatoms. The molecular formula is C18H20FN7O. The lowest BCUT2D eigenvalue weighted by Crippen LogP contribution is -2.43. The van der Waals surface area contributed by atoms with Gasteiger partial charge in [-0.1, -0.05) is 0 Å². The summed E-state index contributed by atoms with van der Waals surface area (Å²) in [5.41, 5.74) is 0.816. The van der Waals surface area contributed by atoms with Gasteiger partial charge in [-0.05, 0) is 37.0 Å². The van der Waals surface area contributed by atoms with Gasteiger partial charge in [-0.3, -0.25) is 4.57 Å². The van der Waals surface area contributed by atoms with Gasteiger partial charge >= 0.3 is 6.03 Å². The highest BCUT2D eigenvalue weighted by Crippen LogP contribution is 2.22. The quantitative estimate of drug-likeness (QED) is 0.766. The molecule has 0 radical (unpaired) electrons. The van der Waals surface area contributed by atoms with Crippen LogP contribution in [0.15, 0.2) is 49.6 Å². The maximum absolute atomic E-state index is 14.2. The number of nitrogens with one attached hydrogen (secondary N) is 1. The number of likely N-dealkylation sites (tertiary alicyclic amines) is 1. The molecule has 2 aromatic heterocycles. The molecule has 0 unspecified atom stereocenters. The molecule has 3 aromatic rings. The number of piperidine rings is 1. The number of halogens is 1. The van der Waals surface area contributed by atoms with Crippen molar-refractivity contribution in [3.05, 3.63) is 55.4 Å². The molecule has 1 fully saturated rings. The molecule has 2 amide bonds. The van der Waals surface area contributed by atoms with Crippen LogP contribution < -0.4 is 5.32 Å². The Morgan fingerprint density at radius 2 is 2.11 bits per heavy atom. The average molecular weight is 369 g/mol. The van der Waals surface area contributed by atoms with Crippen LogP contribution in [-0.4, -0.2) is 48.3 Å². The highest BCUT2D eigenvalue weighted by molar-refractivity contribution is 5.89. The van der Waals surface area contributed by atoms with Gasteiger partial charge in [-0.15, -0.1) is 10.2 Å². The maximum atomic E-state index is 14.2. The number of rotatable bonds is 4. The van der Waals surface area contributed by atoms with E-state index >= 15 is 0 Å². The normalized spacial score (nSPS) is 17.1. The molecule has 1 aliphatic heterocycles. The summed E-state index contributed by atoms with van der Waals surface area (Å²) < 4.78 is 17.9. The Kier molecular flexibility index (Phi) is 4.82. The summed E-state index contributed by atoms with van der Waals surface area (Å²) in [6.07, 6.45) is 10.5. The number of amides is 2. The van der Waals surface area contributed by atoms with Crippen LogP contribution in [0.25, 0.3) is 5.69 Å². The number of hydrogen-bond donors (Lipinski definition) is 1. The van der Waals surface area contributed by atoms with Crippen molar-refractivity contribution in [2.45, 2.75) is 19.4 Å². The predicted molar refractivity (Wildman–Crippen MR) is 96.9 cm³/mol. The second-order valence-corrected chi connectivity index (χ2v) is 6.68. The van der Waals surface area contributed by atoms with Crippen LogP contribution in [0, 0.1) is 11.7 Å². The van der Waals surface area contributed by atoms with Crippen molar-refractivity contribution >= 4 is 11.7 Å². The zero-order valence-corrected chi connectivity index (χ0v) is 14.7. The molecule has 1 aromatic carbocycles. The van der Waals surface area contributed by atoms with E-state index in [0.717, 1.165) is 19.4 Å². The second-order valence-electron chi connectivity index (χ2n) is 6.68. The summed E-state index contributed by atoms with van der Waals surface area (Å²) in [6.45, 7) is 2.12. The topological polar surface area (TPSA) is 80.9 Å². The number of imidazole rings is 1. The van der Waals surface area contributed by atoms with E-state index in [9.17, 15) is 9.18 Å². The number of hydrogen-bond acceptors (Lipinski definition) is 4. The lowest BCUT2D eigenvalue weighted by molar-refractivity contribution is 0.170. The van der Waals surface area contributed by atoms with Crippen molar-refractivity contribution < 1.29 is 9.18 Å². The summed E-state index contributed by atoms with van der Waals surface area (Å²) in [7, 11) is 0. The number of carbonyl (C=O) groups is 1. The van der Waals surface area contributed by atoms with Crippen molar-refractivity contribution in [1.82, 2.24) is 29.2 Å². The van der Waals surface area contributed by atoms with Gasteiger partial charge in [0.1, 0.15) is 18.5 Å². The predicted octanol–water partition coefficient (Wildman–Crippen LogP) is 2.55. The summed E-state index contributed by atoms with van der Waals surface area (Å²) in [6, 6.07) is 4.22. The summed E-state index contributed by atoms with van der Waals surface area (Å²) in [4.78, 5) is 18.5. The average Bonchev–Trinajstić information content (AvgIpc) is 3.38. The molecule has 4 rings (SSSR count). The van der Waals surface area contributed by atoms with Crippen LogP contribution in [0.5, 0.6) is 0 Å². The van der Waals surface area contributed by atoms with Gasteiger partial charge in [0.05, 0.1) is 17.7 Å². The van der Waals surface area contributed by atoms with E-state index in [-0.39, 0.29) is 11.7 Å². The van der Waals surface area contributed by atoms with E-state index < -0.39 is 5.82 Å². The number of nitrogens with zero attached hydrogens (tertiary/aromatic N) is 6. The Labute approximate surface area is 155 Å². The van der Waals surface area contributed by atoms with Gasteiger partial charge in [0.15, 0.2) is 0 Å². The minimum Gasteiger partial charge on any atom is -0.337 e. The molecule has 1 atom stereocenters. The van der Waals surface area contributed by atoms with E-state index in [4.69, 9.17) is 0 Å². The smallest absolute Gasteiger partial charge is 0.321 e. The third-order valence-electron chi connectivity index (χ3n) is 4.74. The van der Waals surface area contributed by atoms with Crippen LogP contribution in [0.3, 0.4) is 0 Å². The number of aromatic nitrogens is 5. The third kappa shape index (κ3) is 3.97. The molecule has 3 heterocycles. The molecular weight excluding hydrogens is 349 g/mol. The van der Waals surface area contributed by atoms with E-state index in [0.29, 0.717) is 24.7 Å². The molecule has 1 aliphatic rings. The van der Waals surface area contributed by atoms with Gasteiger partial charge in [-0.25, -0.2) is 14.2 Å². The monoisotopic (exact) mass is 369 g/mol. The fourth-order valence-electron chi connectivity index (χ4n) is 3.39. The lowest BCUT2D eigenvalue weighted by Gasteiger charge is -2.33. The van der Waals surface area contributed by atoms with Crippen LogP contribution in [-0.2, 0) is 6.54 Å². The minimum absolute atomic E-state index is 0.142. The van der Waals surface area contributed by atoms with Gasteiger partial charge in [-0.2, -0.15) is 0 Å². The van der Waals surface area contributed by atoms with E-state index in [1.807, 2.05) is 10.8 Å². The molecule has 1 saturated heterocycles. The highest BCUT2D eigenvalue weighted by atomic mass is 19.1. The SMILES string of the molecule is O=C(Nc1cc(-n2cnnc2)ccc1F)N1CCC[C@@H](Cn2ccnc2)C1. The van der Waals surface area contributed by atoms with Gasteiger partial charge < -0.3 is 14.8 Å². The standard InChI is InChI=1S/C18H20FN7O/c19-16-4-3-15(26-12-21-22-13-26)8-17(16)23-18(27)25-6-1-2-14(10-25)9-24-7-5-20-11-24/h3-5,7-8,11-14H,1-2,6,9-10H2,(H,23,27)/t14-/m0/s1. The molecule has 0 aliphatic carbocycles. The van der Waals surface area contributed by atoms with Crippen molar-refractivity contribution in [1.29, 1.82) is 0 Å². The Balaban J connectivity index is 1.43. The zero-order valence-electron chi connectivity index (χ0n) is 14.7. The van der Waals surface area contributed by atoms with Crippen LogP contribution in [0.1, 0.15) is 12.8 Å². The molecule has 140 valence electrons. The van der Waals surface area contributed by atoms with Gasteiger partial charge in [0.2, 0.25) is 0 Å². The van der Waals surface area contributed by atoms with Crippen LogP contribution in [0.4, 0.5) is 14.9 Å². The van der Waals surface area contributed by atoms with E-state index in [2.05, 4.69) is 20.5 Å². The summed E-state index contributed by atoms with van der Waals surface area (Å²) in [5, 5.41) is 10.2. The number of carbonyl (C=O) groups excluding carboxylic acids is 1. The highest BCUT2D eigenvalue weighted by Gasteiger charge is 2.24. The van der Waals surface area contributed by atoms with Crippen molar-refractivity contribution in [2.24, 2.45) is 5.92 Å². The molecule has 8 nitrogen and oxygen atoms in total. The first kappa shape index (κ1) is 17.2. The summed E-state index contributed by atoms with van der Waals surface area (Å²) in [5.74, 6) is -0.126. The van der Waals surface area contributed by atoms with Crippen molar-refractivity contribution in [3.63, 3.8) is 0 Å². The van der Waals surface area contributed by atoms with E-state index in [1.165, 1.54) is 18.7 Å². The number of benzene rings is 1. The largest absolute Gasteiger partial charge is 0.337 e. The first-order valence-electron chi connectivity index (χ1n) is 8.85. The van der Waals surface area contributed by atoms with E-state index in [1.54, 1.807) is 34.1 Å². The second kappa shape index (κ2) is 7.56. The molecule has 27 heavy (non-hydrogen) atoms. The molecule has 0 spiro atoms. The number of anilines is 1. The fourth-order valence-corrected chi connectivity index (χ4v) is 3.39. The Morgan fingerprint density at radius 1 is 1.26 bits per heavy atom. The fraction of sp³-hybridized carbons (Fsp3) is 0.333. The molecule has 0 bridgehead atoms. The Hall–Kier alpha value is -3.23.